The maximum atomic E-state index is 12.6. The van der Waals surface area contributed by atoms with Crippen molar-refractivity contribution in [2.24, 2.45) is 0 Å². The predicted molar refractivity (Wildman–Crippen MR) is 90.9 cm³/mol. The van der Waals surface area contributed by atoms with Crippen molar-refractivity contribution >= 4 is 17.8 Å². The van der Waals surface area contributed by atoms with Crippen LogP contribution in [0.2, 0.25) is 0 Å². The zero-order valence-electron chi connectivity index (χ0n) is 13.9. The molecule has 1 fully saturated rings. The maximum absolute atomic E-state index is 12.6. The van der Waals surface area contributed by atoms with Gasteiger partial charge in [-0.15, -0.1) is 0 Å². The van der Waals surface area contributed by atoms with Gasteiger partial charge in [-0.1, -0.05) is 0 Å². The minimum Gasteiger partial charge on any atom is -0.352 e. The summed E-state index contributed by atoms with van der Waals surface area (Å²) in [6, 6.07) is 3.66. The van der Waals surface area contributed by atoms with Crippen LogP contribution in [0.1, 0.15) is 24.3 Å². The van der Waals surface area contributed by atoms with Gasteiger partial charge < -0.3 is 15.1 Å². The molecule has 1 N–H and O–H groups in total. The van der Waals surface area contributed by atoms with Crippen molar-refractivity contribution in [1.29, 1.82) is 0 Å². The summed E-state index contributed by atoms with van der Waals surface area (Å²) >= 11 is 0. The number of anilines is 2. The third-order valence-corrected chi connectivity index (χ3v) is 3.69. The van der Waals surface area contributed by atoms with Crippen LogP contribution in [0.3, 0.4) is 0 Å². The number of hydrogen-bond acceptors (Lipinski definition) is 7. The zero-order valence-corrected chi connectivity index (χ0v) is 13.9. The smallest absolute Gasteiger partial charge is 0.272 e. The van der Waals surface area contributed by atoms with E-state index < -0.39 is 0 Å². The molecule has 1 aliphatic heterocycles. The Morgan fingerprint density at radius 1 is 1.08 bits per heavy atom. The first-order chi connectivity index (χ1) is 11.6. The molecule has 0 aromatic carbocycles. The van der Waals surface area contributed by atoms with E-state index in [0.717, 1.165) is 0 Å². The van der Waals surface area contributed by atoms with E-state index in [2.05, 4.69) is 30.2 Å². The monoisotopic (exact) mass is 327 g/mol. The van der Waals surface area contributed by atoms with Gasteiger partial charge in [0, 0.05) is 50.8 Å². The summed E-state index contributed by atoms with van der Waals surface area (Å²) in [6.07, 6.45) is 5.06. The average Bonchev–Trinajstić information content (AvgIpc) is 2.62. The van der Waals surface area contributed by atoms with Crippen LogP contribution in [-0.4, -0.2) is 63.0 Å². The molecule has 2 aromatic heterocycles. The van der Waals surface area contributed by atoms with Gasteiger partial charge in [-0.2, -0.15) is 0 Å². The van der Waals surface area contributed by atoms with Gasteiger partial charge >= 0.3 is 0 Å². The molecule has 3 rings (SSSR count). The number of carbonyl (C=O) groups is 1. The summed E-state index contributed by atoms with van der Waals surface area (Å²) in [6.45, 7) is 6.66. The van der Waals surface area contributed by atoms with Crippen LogP contribution in [0.5, 0.6) is 0 Å². The second-order valence-electron chi connectivity index (χ2n) is 5.89. The van der Waals surface area contributed by atoms with Crippen LogP contribution < -0.4 is 10.2 Å². The Morgan fingerprint density at radius 3 is 2.46 bits per heavy atom. The van der Waals surface area contributed by atoms with Crippen LogP contribution in [-0.2, 0) is 0 Å². The third-order valence-electron chi connectivity index (χ3n) is 3.69. The highest BCUT2D eigenvalue weighted by Crippen LogP contribution is 2.12. The van der Waals surface area contributed by atoms with Crippen molar-refractivity contribution in [1.82, 2.24) is 24.8 Å². The fraction of sp³-hybridized carbons (Fsp3) is 0.438. The van der Waals surface area contributed by atoms with Crippen LogP contribution in [0, 0.1) is 0 Å². The van der Waals surface area contributed by atoms with Gasteiger partial charge in [0.05, 0.1) is 0 Å². The highest BCUT2D eigenvalue weighted by Gasteiger charge is 2.24. The molecule has 2 aromatic rings. The summed E-state index contributed by atoms with van der Waals surface area (Å²) in [5.41, 5.74) is 0.414. The standard InChI is InChI=1S/C16H21N7O/c1-12(2)20-15-17-7-4-13(21-15)14(24)22-8-10-23(11-9-22)16-18-5-3-6-19-16/h3-7,12H,8-11H2,1-2H3,(H,17,20,21). The zero-order chi connectivity index (χ0) is 16.9. The Morgan fingerprint density at radius 2 is 1.79 bits per heavy atom. The molecule has 0 atom stereocenters. The molecule has 1 amide bonds. The van der Waals surface area contributed by atoms with E-state index in [9.17, 15) is 4.79 Å². The molecule has 24 heavy (non-hydrogen) atoms. The molecule has 0 bridgehead atoms. The SMILES string of the molecule is CC(C)Nc1nccc(C(=O)N2CCN(c3ncccn3)CC2)n1. The fourth-order valence-electron chi connectivity index (χ4n) is 2.53. The number of carbonyl (C=O) groups excluding carboxylic acids is 1. The molecule has 0 spiro atoms. The molecule has 3 heterocycles. The second kappa shape index (κ2) is 7.20. The molecule has 1 aliphatic rings. The van der Waals surface area contributed by atoms with Gasteiger partial charge in [0.1, 0.15) is 5.69 Å². The van der Waals surface area contributed by atoms with Crippen molar-refractivity contribution in [3.63, 3.8) is 0 Å². The third kappa shape index (κ3) is 3.76. The van der Waals surface area contributed by atoms with Crippen LogP contribution in [0.4, 0.5) is 11.9 Å². The molecule has 0 aliphatic carbocycles. The maximum Gasteiger partial charge on any atom is 0.272 e. The first-order valence-corrected chi connectivity index (χ1v) is 8.04. The number of nitrogens with one attached hydrogen (secondary N) is 1. The minimum atomic E-state index is -0.0714. The molecule has 126 valence electrons. The lowest BCUT2D eigenvalue weighted by Crippen LogP contribution is -2.49. The Labute approximate surface area is 141 Å². The van der Waals surface area contributed by atoms with E-state index in [1.54, 1.807) is 35.6 Å². The normalized spacial score (nSPS) is 14.8. The molecule has 8 nitrogen and oxygen atoms in total. The topological polar surface area (TPSA) is 87.1 Å². The van der Waals surface area contributed by atoms with E-state index >= 15 is 0 Å². The fourth-order valence-corrected chi connectivity index (χ4v) is 2.53. The van der Waals surface area contributed by atoms with E-state index in [4.69, 9.17) is 0 Å². The summed E-state index contributed by atoms with van der Waals surface area (Å²) in [5.74, 6) is 1.11. The molecule has 0 saturated carbocycles. The lowest BCUT2D eigenvalue weighted by atomic mass is 10.2. The Bertz CT molecular complexity index is 684. The molecule has 8 heteroatoms. The summed E-state index contributed by atoms with van der Waals surface area (Å²) in [4.78, 5) is 33.5. The summed E-state index contributed by atoms with van der Waals surface area (Å²) in [7, 11) is 0. The van der Waals surface area contributed by atoms with E-state index in [-0.39, 0.29) is 11.9 Å². The molecule has 0 unspecified atom stereocenters. The number of aromatic nitrogens is 4. The van der Waals surface area contributed by atoms with Crippen LogP contribution >= 0.6 is 0 Å². The Hall–Kier alpha value is -2.77. The number of amides is 1. The molecular formula is C16H21N7O. The number of hydrogen-bond donors (Lipinski definition) is 1. The second-order valence-corrected chi connectivity index (χ2v) is 5.89. The van der Waals surface area contributed by atoms with Crippen molar-refractivity contribution in [2.75, 3.05) is 36.4 Å². The van der Waals surface area contributed by atoms with E-state index in [1.165, 1.54) is 0 Å². The van der Waals surface area contributed by atoms with Crippen molar-refractivity contribution < 1.29 is 4.79 Å². The van der Waals surface area contributed by atoms with Crippen molar-refractivity contribution in [2.45, 2.75) is 19.9 Å². The van der Waals surface area contributed by atoms with Gasteiger partial charge in [-0.3, -0.25) is 4.79 Å². The van der Waals surface area contributed by atoms with Gasteiger partial charge in [-0.25, -0.2) is 19.9 Å². The first-order valence-electron chi connectivity index (χ1n) is 8.04. The van der Waals surface area contributed by atoms with E-state index in [0.29, 0.717) is 43.8 Å². The summed E-state index contributed by atoms with van der Waals surface area (Å²) < 4.78 is 0. The van der Waals surface area contributed by atoms with Gasteiger partial charge in [-0.05, 0) is 26.0 Å². The number of piperazine rings is 1. The first kappa shape index (κ1) is 16.1. The average molecular weight is 327 g/mol. The minimum absolute atomic E-state index is 0.0714. The van der Waals surface area contributed by atoms with Crippen LogP contribution in [0.15, 0.2) is 30.7 Å². The van der Waals surface area contributed by atoms with Crippen LogP contribution in [0.25, 0.3) is 0 Å². The number of nitrogens with zero attached hydrogens (tertiary/aromatic N) is 6. The molecular weight excluding hydrogens is 306 g/mol. The Balaban J connectivity index is 1.63. The largest absolute Gasteiger partial charge is 0.352 e. The number of rotatable bonds is 4. The van der Waals surface area contributed by atoms with Gasteiger partial charge in [0.15, 0.2) is 0 Å². The predicted octanol–water partition coefficient (Wildman–Crippen LogP) is 1.05. The van der Waals surface area contributed by atoms with Gasteiger partial charge in [0.2, 0.25) is 11.9 Å². The van der Waals surface area contributed by atoms with Gasteiger partial charge in [0.25, 0.3) is 5.91 Å². The Kier molecular flexibility index (Phi) is 4.83. The van der Waals surface area contributed by atoms with Crippen molar-refractivity contribution in [3.8, 4) is 0 Å². The quantitative estimate of drug-likeness (QED) is 0.898. The molecule has 0 radical (unpaired) electrons. The highest BCUT2D eigenvalue weighted by molar-refractivity contribution is 5.92. The molecule has 1 saturated heterocycles. The highest BCUT2D eigenvalue weighted by atomic mass is 16.2. The van der Waals surface area contributed by atoms with E-state index in [1.807, 2.05) is 13.8 Å². The van der Waals surface area contributed by atoms with Crippen molar-refractivity contribution in [3.05, 3.63) is 36.4 Å². The lowest BCUT2D eigenvalue weighted by Gasteiger charge is -2.34. The lowest BCUT2D eigenvalue weighted by molar-refractivity contribution is 0.0740. The summed E-state index contributed by atoms with van der Waals surface area (Å²) in [5, 5.41) is 3.11.